The van der Waals surface area contributed by atoms with Crippen molar-refractivity contribution < 1.29 is 13.9 Å². The Hall–Kier alpha value is -1.62. The lowest BCUT2D eigenvalue weighted by molar-refractivity contribution is -0.124. The van der Waals surface area contributed by atoms with Crippen LogP contribution >= 0.6 is 0 Å². The minimum absolute atomic E-state index is 0.154. The summed E-state index contributed by atoms with van der Waals surface area (Å²) in [7, 11) is 1.50. The molecule has 5 heteroatoms. The van der Waals surface area contributed by atoms with Crippen LogP contribution in [0.1, 0.15) is 12.5 Å². The van der Waals surface area contributed by atoms with Gasteiger partial charge in [-0.05, 0) is 18.2 Å². The van der Waals surface area contributed by atoms with E-state index in [9.17, 15) is 9.18 Å². The van der Waals surface area contributed by atoms with Gasteiger partial charge in [0.15, 0.2) is 0 Å². The lowest BCUT2D eigenvalue weighted by Gasteiger charge is -2.12. The molecule has 1 aromatic rings. The van der Waals surface area contributed by atoms with Crippen LogP contribution in [0.2, 0.25) is 0 Å². The molecule has 0 spiro atoms. The van der Waals surface area contributed by atoms with Gasteiger partial charge in [0.05, 0.1) is 7.11 Å². The highest BCUT2D eigenvalue weighted by Crippen LogP contribution is 2.18. The average molecular weight is 240 g/mol. The molecule has 0 fully saturated rings. The van der Waals surface area contributed by atoms with E-state index in [1.807, 2.05) is 0 Å². The molecule has 0 saturated heterocycles. The van der Waals surface area contributed by atoms with E-state index in [2.05, 4.69) is 5.32 Å². The van der Waals surface area contributed by atoms with Crippen LogP contribution in [-0.2, 0) is 11.3 Å². The van der Waals surface area contributed by atoms with Gasteiger partial charge in [-0.2, -0.15) is 0 Å². The molecule has 0 radical (unpaired) electrons. The maximum absolute atomic E-state index is 13.0. The number of nitrogens with two attached hydrogens (primary N) is 1. The number of amides is 1. The van der Waals surface area contributed by atoms with E-state index in [1.54, 1.807) is 6.92 Å². The van der Waals surface area contributed by atoms with Crippen molar-refractivity contribution in [2.75, 3.05) is 13.7 Å². The van der Waals surface area contributed by atoms with Crippen LogP contribution in [0, 0.1) is 11.7 Å². The van der Waals surface area contributed by atoms with Crippen LogP contribution in [0.5, 0.6) is 5.75 Å². The number of ether oxygens (including phenoxy) is 1. The smallest absolute Gasteiger partial charge is 0.224 e. The minimum Gasteiger partial charge on any atom is -0.496 e. The molecule has 0 aliphatic carbocycles. The molecule has 0 bridgehead atoms. The van der Waals surface area contributed by atoms with E-state index < -0.39 is 0 Å². The summed E-state index contributed by atoms with van der Waals surface area (Å²) in [4.78, 5) is 11.5. The summed E-state index contributed by atoms with van der Waals surface area (Å²) in [6, 6.07) is 4.18. The SMILES string of the molecule is COc1ccc(F)cc1CNC(=O)C(C)CN. The Morgan fingerprint density at radius 3 is 2.88 bits per heavy atom. The van der Waals surface area contributed by atoms with E-state index in [0.29, 0.717) is 11.3 Å². The number of carbonyl (C=O) groups excluding carboxylic acids is 1. The molecule has 1 aromatic carbocycles. The number of methoxy groups -OCH3 is 1. The van der Waals surface area contributed by atoms with Gasteiger partial charge in [-0.15, -0.1) is 0 Å². The van der Waals surface area contributed by atoms with Gasteiger partial charge >= 0.3 is 0 Å². The van der Waals surface area contributed by atoms with Gasteiger partial charge in [0, 0.05) is 24.6 Å². The van der Waals surface area contributed by atoms with Gasteiger partial charge in [0.25, 0.3) is 0 Å². The highest BCUT2D eigenvalue weighted by atomic mass is 19.1. The predicted molar refractivity (Wildman–Crippen MR) is 63.0 cm³/mol. The highest BCUT2D eigenvalue weighted by Gasteiger charge is 2.11. The first kappa shape index (κ1) is 13.4. The zero-order valence-corrected chi connectivity index (χ0v) is 10.00. The zero-order chi connectivity index (χ0) is 12.8. The number of carbonyl (C=O) groups is 1. The first-order chi connectivity index (χ1) is 8.08. The monoisotopic (exact) mass is 240 g/mol. The molecule has 0 aliphatic heterocycles. The first-order valence-corrected chi connectivity index (χ1v) is 5.38. The summed E-state index contributed by atoms with van der Waals surface area (Å²) in [6.07, 6.45) is 0. The molecular weight excluding hydrogens is 223 g/mol. The third-order valence-corrected chi connectivity index (χ3v) is 2.50. The lowest BCUT2D eigenvalue weighted by atomic mass is 10.1. The molecule has 1 rings (SSSR count). The van der Waals surface area contributed by atoms with Gasteiger partial charge < -0.3 is 15.8 Å². The molecule has 94 valence electrons. The van der Waals surface area contributed by atoms with Gasteiger partial charge in [-0.3, -0.25) is 4.79 Å². The Balaban J connectivity index is 2.68. The summed E-state index contributed by atoms with van der Waals surface area (Å²) < 4.78 is 18.1. The molecule has 1 amide bonds. The van der Waals surface area contributed by atoms with Crippen LogP contribution in [0.3, 0.4) is 0 Å². The zero-order valence-electron chi connectivity index (χ0n) is 10.00. The van der Waals surface area contributed by atoms with Gasteiger partial charge in [-0.1, -0.05) is 6.92 Å². The number of rotatable bonds is 5. The largest absolute Gasteiger partial charge is 0.496 e. The summed E-state index contributed by atoms with van der Waals surface area (Å²) >= 11 is 0. The molecule has 0 saturated carbocycles. The van der Waals surface area contributed by atoms with Crippen LogP contribution < -0.4 is 15.8 Å². The van der Waals surface area contributed by atoms with Crippen molar-refractivity contribution >= 4 is 5.91 Å². The fourth-order valence-corrected chi connectivity index (χ4v) is 1.35. The molecule has 1 atom stereocenters. The van der Waals surface area contributed by atoms with E-state index in [4.69, 9.17) is 10.5 Å². The second kappa shape index (κ2) is 6.20. The third kappa shape index (κ3) is 3.71. The summed E-state index contributed by atoms with van der Waals surface area (Å²) in [5, 5.41) is 2.69. The predicted octanol–water partition coefficient (Wildman–Crippen LogP) is 1.05. The Labute approximate surface area is 100.0 Å². The maximum atomic E-state index is 13.0. The second-order valence-electron chi connectivity index (χ2n) is 3.81. The topological polar surface area (TPSA) is 64.3 Å². The number of halogens is 1. The van der Waals surface area contributed by atoms with Crippen molar-refractivity contribution in [3.05, 3.63) is 29.6 Å². The van der Waals surface area contributed by atoms with Crippen molar-refractivity contribution in [1.29, 1.82) is 0 Å². The quantitative estimate of drug-likeness (QED) is 0.808. The molecule has 0 heterocycles. The van der Waals surface area contributed by atoms with Crippen molar-refractivity contribution in [3.63, 3.8) is 0 Å². The van der Waals surface area contributed by atoms with Crippen LogP contribution in [0.25, 0.3) is 0 Å². The van der Waals surface area contributed by atoms with Gasteiger partial charge in [0.1, 0.15) is 11.6 Å². The number of hydrogen-bond acceptors (Lipinski definition) is 3. The molecule has 0 aromatic heterocycles. The van der Waals surface area contributed by atoms with E-state index in [-0.39, 0.29) is 30.7 Å². The Kier molecular flexibility index (Phi) is 4.90. The fourth-order valence-electron chi connectivity index (χ4n) is 1.35. The van der Waals surface area contributed by atoms with Gasteiger partial charge in [-0.25, -0.2) is 4.39 Å². The van der Waals surface area contributed by atoms with Crippen molar-refractivity contribution in [1.82, 2.24) is 5.32 Å². The maximum Gasteiger partial charge on any atom is 0.224 e. The molecular formula is C12H17FN2O2. The summed E-state index contributed by atoms with van der Waals surface area (Å²) in [5.74, 6) is -0.220. The number of hydrogen-bond donors (Lipinski definition) is 2. The lowest BCUT2D eigenvalue weighted by Crippen LogP contribution is -2.32. The molecule has 0 aliphatic rings. The van der Waals surface area contributed by atoms with Crippen LogP contribution in [-0.4, -0.2) is 19.6 Å². The highest BCUT2D eigenvalue weighted by molar-refractivity contribution is 5.78. The fraction of sp³-hybridized carbons (Fsp3) is 0.417. The van der Waals surface area contributed by atoms with Crippen molar-refractivity contribution in [2.24, 2.45) is 11.7 Å². The average Bonchev–Trinajstić information content (AvgIpc) is 2.35. The normalized spacial score (nSPS) is 12.0. The van der Waals surface area contributed by atoms with Crippen molar-refractivity contribution in [3.8, 4) is 5.75 Å². The number of benzene rings is 1. The Morgan fingerprint density at radius 2 is 2.29 bits per heavy atom. The Bertz CT molecular complexity index is 396. The van der Waals surface area contributed by atoms with Crippen molar-refractivity contribution in [2.45, 2.75) is 13.5 Å². The molecule has 3 N–H and O–H groups in total. The Morgan fingerprint density at radius 1 is 1.59 bits per heavy atom. The van der Waals surface area contributed by atoms with E-state index >= 15 is 0 Å². The third-order valence-electron chi connectivity index (χ3n) is 2.50. The minimum atomic E-state index is -0.359. The number of nitrogens with one attached hydrogen (secondary N) is 1. The standard InChI is InChI=1S/C12H17FN2O2/c1-8(6-14)12(16)15-7-9-5-10(13)3-4-11(9)17-2/h3-5,8H,6-7,14H2,1-2H3,(H,15,16). The molecule has 1 unspecified atom stereocenters. The van der Waals surface area contributed by atoms with Gasteiger partial charge in [0.2, 0.25) is 5.91 Å². The molecule has 4 nitrogen and oxygen atoms in total. The first-order valence-electron chi connectivity index (χ1n) is 5.38. The molecule has 17 heavy (non-hydrogen) atoms. The second-order valence-corrected chi connectivity index (χ2v) is 3.81. The van der Waals surface area contributed by atoms with E-state index in [0.717, 1.165) is 0 Å². The van der Waals surface area contributed by atoms with Crippen LogP contribution in [0.15, 0.2) is 18.2 Å². The summed E-state index contributed by atoms with van der Waals surface area (Å²) in [5.41, 5.74) is 5.98. The summed E-state index contributed by atoms with van der Waals surface area (Å²) in [6.45, 7) is 2.24. The van der Waals surface area contributed by atoms with Crippen LogP contribution in [0.4, 0.5) is 4.39 Å². The van der Waals surface area contributed by atoms with E-state index in [1.165, 1.54) is 25.3 Å².